The van der Waals surface area contributed by atoms with Crippen molar-refractivity contribution < 1.29 is 14.6 Å². The molecule has 0 unspecified atom stereocenters. The lowest BCUT2D eigenvalue weighted by molar-refractivity contribution is 0.0915. The summed E-state index contributed by atoms with van der Waals surface area (Å²) >= 11 is 0. The van der Waals surface area contributed by atoms with Gasteiger partial charge in [-0.05, 0) is 58.2 Å². The third-order valence-electron chi connectivity index (χ3n) is 4.49. The zero-order chi connectivity index (χ0) is 20.5. The Hall–Kier alpha value is -3.07. The van der Waals surface area contributed by atoms with Gasteiger partial charge in [-0.2, -0.15) is 5.26 Å². The molecule has 142 valence electrons. The van der Waals surface area contributed by atoms with Crippen LogP contribution in [-0.2, 0) is 0 Å². The second-order valence-corrected chi connectivity index (χ2v) is 7.02. The summed E-state index contributed by atoms with van der Waals surface area (Å²) < 4.78 is 6.78. The summed E-state index contributed by atoms with van der Waals surface area (Å²) in [6, 6.07) is 5.36. The Morgan fingerprint density at radius 2 is 1.78 bits per heavy atom. The molecule has 0 aliphatic rings. The maximum absolute atomic E-state index is 12.8. The van der Waals surface area contributed by atoms with Crippen molar-refractivity contribution >= 4 is 5.78 Å². The molecular weight excluding hydrogens is 344 g/mol. The number of hydrogen-bond acceptors (Lipinski definition) is 5. The van der Waals surface area contributed by atoms with Gasteiger partial charge in [0.15, 0.2) is 6.61 Å². The highest BCUT2D eigenvalue weighted by Crippen LogP contribution is 2.27. The second kappa shape index (κ2) is 7.67. The van der Waals surface area contributed by atoms with Crippen molar-refractivity contribution in [2.24, 2.45) is 0 Å². The van der Waals surface area contributed by atoms with Crippen LogP contribution in [0.15, 0.2) is 16.9 Å². The van der Waals surface area contributed by atoms with Gasteiger partial charge in [-0.3, -0.25) is 14.2 Å². The number of nitrogens with zero attached hydrogens (tertiary/aromatic N) is 2. The fraction of sp³-hybridized carbons (Fsp3) is 0.381. The summed E-state index contributed by atoms with van der Waals surface area (Å²) in [5.41, 5.74) is 2.28. The van der Waals surface area contributed by atoms with Crippen LogP contribution in [0.3, 0.4) is 0 Å². The molecule has 2 rings (SSSR count). The Morgan fingerprint density at radius 1 is 1.22 bits per heavy atom. The van der Waals surface area contributed by atoms with Crippen LogP contribution in [0.2, 0.25) is 0 Å². The molecule has 0 amide bonds. The van der Waals surface area contributed by atoms with Gasteiger partial charge in [-0.25, -0.2) is 0 Å². The van der Waals surface area contributed by atoms with Crippen LogP contribution < -0.4 is 10.3 Å². The molecule has 0 saturated carbocycles. The Morgan fingerprint density at radius 3 is 2.26 bits per heavy atom. The molecule has 6 nitrogen and oxygen atoms in total. The van der Waals surface area contributed by atoms with E-state index in [2.05, 4.69) is 0 Å². The summed E-state index contributed by atoms with van der Waals surface area (Å²) in [6.45, 7) is 10.3. The van der Waals surface area contributed by atoms with E-state index in [0.29, 0.717) is 5.75 Å². The lowest BCUT2D eigenvalue weighted by atomic mass is 10.0. The van der Waals surface area contributed by atoms with Crippen molar-refractivity contribution in [1.29, 1.82) is 5.26 Å². The van der Waals surface area contributed by atoms with Crippen LogP contribution >= 0.6 is 0 Å². The summed E-state index contributed by atoms with van der Waals surface area (Å²) in [6.07, 6.45) is 0. The number of aromatic nitrogens is 1. The number of nitriles is 1. The third kappa shape index (κ3) is 3.72. The van der Waals surface area contributed by atoms with Gasteiger partial charge in [0.2, 0.25) is 11.7 Å². The Labute approximate surface area is 158 Å². The van der Waals surface area contributed by atoms with E-state index in [1.54, 1.807) is 13.8 Å². The summed E-state index contributed by atoms with van der Waals surface area (Å²) in [7, 11) is 0. The smallest absolute Gasteiger partial charge is 0.271 e. The van der Waals surface area contributed by atoms with Gasteiger partial charge in [-0.15, -0.1) is 0 Å². The topological polar surface area (TPSA) is 92.3 Å². The van der Waals surface area contributed by atoms with Crippen molar-refractivity contribution in [2.75, 3.05) is 6.61 Å². The van der Waals surface area contributed by atoms with Crippen molar-refractivity contribution in [3.05, 3.63) is 55.9 Å². The van der Waals surface area contributed by atoms with Crippen LogP contribution in [0, 0.1) is 39.0 Å². The first-order chi connectivity index (χ1) is 12.6. The number of carbonyl (C=O) groups is 1. The van der Waals surface area contributed by atoms with E-state index >= 15 is 0 Å². The van der Waals surface area contributed by atoms with Crippen LogP contribution in [0.25, 0.3) is 0 Å². The number of aryl methyl sites for hydroxylation is 3. The standard InChI is InChI=1S/C21H24N2O4/c1-11(2)23-20(25)16(9-22)15(6)18(21(23)26)17(24)10-27-19-13(4)7-12(3)8-14(19)5/h7-8,11,26H,10H2,1-6H3. The maximum Gasteiger partial charge on any atom is 0.271 e. The average molecular weight is 368 g/mol. The van der Waals surface area contributed by atoms with E-state index in [1.807, 2.05) is 39.0 Å². The predicted octanol–water partition coefficient (Wildman–Crippen LogP) is 3.50. The number of aromatic hydroxyl groups is 1. The molecule has 2 aromatic rings. The van der Waals surface area contributed by atoms with Crippen molar-refractivity contribution in [3.63, 3.8) is 0 Å². The molecule has 0 atom stereocenters. The highest BCUT2D eigenvalue weighted by Gasteiger charge is 2.25. The molecule has 0 fully saturated rings. The molecule has 0 aliphatic carbocycles. The van der Waals surface area contributed by atoms with Crippen molar-refractivity contribution in [2.45, 2.75) is 47.6 Å². The number of rotatable bonds is 5. The monoisotopic (exact) mass is 368 g/mol. The average Bonchev–Trinajstić information content (AvgIpc) is 2.53. The van der Waals surface area contributed by atoms with E-state index in [9.17, 15) is 20.0 Å². The van der Waals surface area contributed by atoms with Gasteiger partial charge in [0.05, 0.1) is 5.56 Å². The van der Waals surface area contributed by atoms with E-state index < -0.39 is 23.3 Å². The van der Waals surface area contributed by atoms with Crippen LogP contribution in [0.5, 0.6) is 11.6 Å². The fourth-order valence-electron chi connectivity index (χ4n) is 3.34. The fourth-order valence-corrected chi connectivity index (χ4v) is 3.34. The Bertz CT molecular complexity index is 987. The summed E-state index contributed by atoms with van der Waals surface area (Å²) in [5, 5.41) is 19.9. The van der Waals surface area contributed by atoms with Gasteiger partial charge >= 0.3 is 0 Å². The van der Waals surface area contributed by atoms with E-state index in [1.165, 1.54) is 6.92 Å². The SMILES string of the molecule is Cc1cc(C)c(OCC(=O)c2c(C)c(C#N)c(=O)n(C(C)C)c2O)c(C)c1. The first kappa shape index (κ1) is 20.2. The molecule has 27 heavy (non-hydrogen) atoms. The van der Waals surface area contributed by atoms with E-state index in [4.69, 9.17) is 4.74 Å². The molecule has 1 N–H and O–H groups in total. The lowest BCUT2D eigenvalue weighted by Gasteiger charge is -2.18. The quantitative estimate of drug-likeness (QED) is 0.816. The van der Waals surface area contributed by atoms with Gasteiger partial charge in [0.25, 0.3) is 5.56 Å². The lowest BCUT2D eigenvalue weighted by Crippen LogP contribution is -2.28. The van der Waals surface area contributed by atoms with E-state index in [-0.39, 0.29) is 23.3 Å². The highest BCUT2D eigenvalue weighted by molar-refractivity contribution is 6.01. The van der Waals surface area contributed by atoms with Crippen molar-refractivity contribution in [3.8, 4) is 17.7 Å². The molecule has 0 saturated heterocycles. The molecular formula is C21H24N2O4. The maximum atomic E-state index is 12.8. The number of pyridine rings is 1. The summed E-state index contributed by atoms with van der Waals surface area (Å²) in [5.74, 6) is -0.309. The largest absolute Gasteiger partial charge is 0.494 e. The van der Waals surface area contributed by atoms with Crippen LogP contribution in [0.4, 0.5) is 0 Å². The van der Waals surface area contributed by atoms with Gasteiger partial charge in [0, 0.05) is 6.04 Å². The Kier molecular flexibility index (Phi) is 5.75. The van der Waals surface area contributed by atoms with Gasteiger partial charge < -0.3 is 9.84 Å². The minimum Gasteiger partial charge on any atom is -0.494 e. The predicted molar refractivity (Wildman–Crippen MR) is 103 cm³/mol. The minimum atomic E-state index is -0.606. The molecule has 0 bridgehead atoms. The molecule has 0 aliphatic heterocycles. The zero-order valence-corrected chi connectivity index (χ0v) is 16.5. The first-order valence-electron chi connectivity index (χ1n) is 8.72. The molecule has 1 aromatic carbocycles. The first-order valence-corrected chi connectivity index (χ1v) is 8.72. The molecule has 0 spiro atoms. The van der Waals surface area contributed by atoms with Gasteiger partial charge in [0.1, 0.15) is 17.4 Å². The number of carbonyl (C=O) groups excluding carboxylic acids is 1. The molecule has 6 heteroatoms. The van der Waals surface area contributed by atoms with E-state index in [0.717, 1.165) is 21.3 Å². The number of ether oxygens (including phenoxy) is 1. The molecule has 0 radical (unpaired) electrons. The highest BCUT2D eigenvalue weighted by atomic mass is 16.5. The normalized spacial score (nSPS) is 10.7. The minimum absolute atomic E-state index is 0.0535. The van der Waals surface area contributed by atoms with Crippen LogP contribution in [0.1, 0.15) is 58.1 Å². The number of hydrogen-bond donors (Lipinski definition) is 1. The summed E-state index contributed by atoms with van der Waals surface area (Å²) in [4.78, 5) is 25.2. The van der Waals surface area contributed by atoms with Crippen molar-refractivity contribution in [1.82, 2.24) is 4.57 Å². The Balaban J connectivity index is 2.47. The molecule has 1 heterocycles. The molecule has 1 aromatic heterocycles. The number of ketones is 1. The zero-order valence-electron chi connectivity index (χ0n) is 16.5. The second-order valence-electron chi connectivity index (χ2n) is 7.02. The third-order valence-corrected chi connectivity index (χ3v) is 4.49. The van der Waals surface area contributed by atoms with Crippen LogP contribution in [-0.4, -0.2) is 22.1 Å². The number of benzene rings is 1. The number of Topliss-reactive ketones (excluding diaryl/α,β-unsaturated/α-hetero) is 1. The van der Waals surface area contributed by atoms with Gasteiger partial charge in [-0.1, -0.05) is 17.7 Å².